The van der Waals surface area contributed by atoms with Crippen molar-refractivity contribution in [3.05, 3.63) is 82.4 Å². The Hall–Kier alpha value is -3.21. The van der Waals surface area contributed by atoms with Crippen molar-refractivity contribution in [3.63, 3.8) is 0 Å². The number of imidazole rings is 1. The molecule has 0 aliphatic rings. The van der Waals surface area contributed by atoms with Crippen LogP contribution in [0.25, 0.3) is 0 Å². The number of benzene rings is 2. The van der Waals surface area contributed by atoms with Gasteiger partial charge in [-0.2, -0.15) is 5.26 Å². The minimum Gasteiger partial charge on any atom is -0.490 e. The van der Waals surface area contributed by atoms with E-state index in [-0.39, 0.29) is 6.10 Å². The molecule has 0 unspecified atom stereocenters. The van der Waals surface area contributed by atoms with Crippen molar-refractivity contribution in [2.75, 3.05) is 0 Å². The van der Waals surface area contributed by atoms with Gasteiger partial charge < -0.3 is 9.30 Å². The fraction of sp³-hybridized carbons (Fsp3) is 0.182. The largest absolute Gasteiger partial charge is 0.490 e. The summed E-state index contributed by atoms with van der Waals surface area (Å²) >= 11 is 6.38. The van der Waals surface area contributed by atoms with E-state index < -0.39 is 0 Å². The van der Waals surface area contributed by atoms with Crippen LogP contribution in [0.4, 0.5) is 0 Å². The van der Waals surface area contributed by atoms with Crippen LogP contribution < -0.4 is 4.74 Å². The molecule has 0 aliphatic carbocycles. The molecule has 0 bridgehead atoms. The Morgan fingerprint density at radius 2 is 2.00 bits per heavy atom. The minimum atomic E-state index is 0.00803. The molecular weight excluding hydrogens is 358 g/mol. The molecule has 3 rings (SSSR count). The number of hydrogen-bond acceptors (Lipinski definition) is 3. The molecule has 4 nitrogen and oxygen atoms in total. The number of rotatable bonds is 4. The smallest absolute Gasteiger partial charge is 0.137 e. The van der Waals surface area contributed by atoms with Gasteiger partial charge in [-0.3, -0.25) is 0 Å². The number of halogens is 1. The molecule has 1 aromatic heterocycles. The van der Waals surface area contributed by atoms with Crippen molar-refractivity contribution in [2.24, 2.45) is 0 Å². The van der Waals surface area contributed by atoms with Gasteiger partial charge in [-0.25, -0.2) is 4.98 Å². The molecule has 0 saturated heterocycles. The Bertz CT molecular complexity index is 1040. The zero-order chi connectivity index (χ0) is 19.2. The summed E-state index contributed by atoms with van der Waals surface area (Å²) in [4.78, 5) is 4.03. The first-order valence-electron chi connectivity index (χ1n) is 8.52. The lowest BCUT2D eigenvalue weighted by Gasteiger charge is -2.10. The molecule has 5 heteroatoms. The molecule has 2 aromatic carbocycles. The van der Waals surface area contributed by atoms with E-state index in [0.717, 1.165) is 16.7 Å². The van der Waals surface area contributed by atoms with E-state index >= 15 is 0 Å². The Morgan fingerprint density at radius 3 is 2.67 bits per heavy atom. The highest BCUT2D eigenvalue weighted by molar-refractivity contribution is 6.31. The molecule has 0 aliphatic heterocycles. The molecule has 0 radical (unpaired) electrons. The maximum atomic E-state index is 9.32. The molecular formula is C22H18ClN3O. The predicted octanol–water partition coefficient (Wildman–Crippen LogP) is 4.64. The third kappa shape index (κ3) is 4.91. The number of aromatic nitrogens is 2. The molecule has 0 spiro atoms. The molecule has 0 atom stereocenters. The molecule has 0 fully saturated rings. The van der Waals surface area contributed by atoms with Crippen LogP contribution in [0.1, 0.15) is 36.1 Å². The molecule has 27 heavy (non-hydrogen) atoms. The third-order valence-corrected chi connectivity index (χ3v) is 4.07. The standard InChI is InChI=1S/C22H18ClN3O/c1-16(2)27-22-8-5-17(11-20(22)13-24)3-6-19-7-4-18(12-21(19)23)14-26-10-9-25-15-26/h4-5,7-12,15-16H,14H2,1-2H3. The van der Waals surface area contributed by atoms with Crippen LogP contribution in [0.5, 0.6) is 5.75 Å². The van der Waals surface area contributed by atoms with Crippen molar-refractivity contribution in [1.29, 1.82) is 5.26 Å². The van der Waals surface area contributed by atoms with Crippen LogP contribution in [0.3, 0.4) is 0 Å². The predicted molar refractivity (Wildman–Crippen MR) is 106 cm³/mol. The lowest BCUT2D eigenvalue weighted by atomic mass is 10.1. The van der Waals surface area contributed by atoms with Gasteiger partial charge in [0.05, 0.1) is 23.0 Å². The second kappa shape index (κ2) is 8.45. The van der Waals surface area contributed by atoms with Gasteiger partial charge >= 0.3 is 0 Å². The van der Waals surface area contributed by atoms with Crippen LogP contribution in [0.2, 0.25) is 5.02 Å². The molecule has 134 valence electrons. The second-order valence-corrected chi connectivity index (χ2v) is 6.70. The van der Waals surface area contributed by atoms with E-state index in [1.807, 2.05) is 48.9 Å². The van der Waals surface area contributed by atoms with Crippen LogP contribution >= 0.6 is 11.6 Å². The summed E-state index contributed by atoms with van der Waals surface area (Å²) in [5.41, 5.74) is 3.02. The Morgan fingerprint density at radius 1 is 1.15 bits per heavy atom. The first-order valence-corrected chi connectivity index (χ1v) is 8.90. The lowest BCUT2D eigenvalue weighted by molar-refractivity contribution is 0.241. The maximum Gasteiger partial charge on any atom is 0.137 e. The summed E-state index contributed by atoms with van der Waals surface area (Å²) in [6.07, 6.45) is 5.42. The van der Waals surface area contributed by atoms with Gasteiger partial charge in [0, 0.05) is 30.1 Å². The normalized spacial score (nSPS) is 10.2. The number of ether oxygens (including phenoxy) is 1. The summed E-state index contributed by atoms with van der Waals surface area (Å²) in [5.74, 6) is 6.71. The van der Waals surface area contributed by atoms with Crippen LogP contribution in [0.15, 0.2) is 55.1 Å². The van der Waals surface area contributed by atoms with E-state index in [0.29, 0.717) is 22.9 Å². The highest BCUT2D eigenvalue weighted by atomic mass is 35.5. The molecule has 1 heterocycles. The van der Waals surface area contributed by atoms with Crippen molar-refractivity contribution < 1.29 is 4.74 Å². The third-order valence-electron chi connectivity index (χ3n) is 3.76. The highest BCUT2D eigenvalue weighted by Crippen LogP contribution is 2.21. The first kappa shape index (κ1) is 18.6. The van der Waals surface area contributed by atoms with Crippen molar-refractivity contribution >= 4 is 11.6 Å². The summed E-state index contributed by atoms with van der Waals surface area (Å²) in [7, 11) is 0. The van der Waals surface area contributed by atoms with Crippen molar-refractivity contribution in [1.82, 2.24) is 9.55 Å². The number of hydrogen-bond donors (Lipinski definition) is 0. The zero-order valence-electron chi connectivity index (χ0n) is 15.1. The van der Waals surface area contributed by atoms with Gasteiger partial charge in [0.25, 0.3) is 0 Å². The van der Waals surface area contributed by atoms with E-state index in [9.17, 15) is 5.26 Å². The molecule has 3 aromatic rings. The van der Waals surface area contributed by atoms with Gasteiger partial charge in [0.1, 0.15) is 11.8 Å². The Balaban J connectivity index is 1.80. The monoisotopic (exact) mass is 375 g/mol. The first-order chi connectivity index (χ1) is 13.0. The zero-order valence-corrected chi connectivity index (χ0v) is 15.9. The minimum absolute atomic E-state index is 0.00803. The van der Waals surface area contributed by atoms with Gasteiger partial charge in [-0.15, -0.1) is 0 Å². The fourth-order valence-corrected chi connectivity index (χ4v) is 2.79. The molecule has 0 saturated carbocycles. The quantitative estimate of drug-likeness (QED) is 0.624. The van der Waals surface area contributed by atoms with E-state index in [2.05, 4.69) is 22.9 Å². The second-order valence-electron chi connectivity index (χ2n) is 6.29. The topological polar surface area (TPSA) is 50.8 Å². The lowest BCUT2D eigenvalue weighted by Crippen LogP contribution is -2.06. The average Bonchev–Trinajstić information content (AvgIpc) is 3.14. The maximum absolute atomic E-state index is 9.32. The number of nitrogens with zero attached hydrogens (tertiary/aromatic N) is 3. The van der Waals surface area contributed by atoms with Gasteiger partial charge in [-0.05, 0) is 49.7 Å². The summed E-state index contributed by atoms with van der Waals surface area (Å²) in [6, 6.07) is 13.3. The molecule has 0 N–H and O–H groups in total. The fourth-order valence-electron chi connectivity index (χ4n) is 2.54. The summed E-state index contributed by atoms with van der Waals surface area (Å²) < 4.78 is 7.60. The van der Waals surface area contributed by atoms with Crippen LogP contribution in [-0.4, -0.2) is 15.7 Å². The molecule has 0 amide bonds. The van der Waals surface area contributed by atoms with E-state index in [1.165, 1.54) is 0 Å². The number of nitriles is 1. The van der Waals surface area contributed by atoms with Crippen molar-refractivity contribution in [3.8, 4) is 23.7 Å². The highest BCUT2D eigenvalue weighted by Gasteiger charge is 2.06. The van der Waals surface area contributed by atoms with Gasteiger partial charge in [-0.1, -0.05) is 29.5 Å². The Kier molecular flexibility index (Phi) is 5.81. The summed E-state index contributed by atoms with van der Waals surface area (Å²) in [5, 5.41) is 9.91. The van der Waals surface area contributed by atoms with Gasteiger partial charge in [0.2, 0.25) is 0 Å². The SMILES string of the molecule is CC(C)Oc1ccc(C#Cc2ccc(Cn3ccnc3)cc2Cl)cc1C#N. The van der Waals surface area contributed by atoms with E-state index in [1.54, 1.807) is 24.7 Å². The van der Waals surface area contributed by atoms with E-state index in [4.69, 9.17) is 16.3 Å². The van der Waals surface area contributed by atoms with Crippen LogP contribution in [-0.2, 0) is 6.54 Å². The summed E-state index contributed by atoms with van der Waals surface area (Å²) in [6.45, 7) is 4.55. The van der Waals surface area contributed by atoms with Gasteiger partial charge in [0.15, 0.2) is 0 Å². The van der Waals surface area contributed by atoms with Crippen LogP contribution in [0, 0.1) is 23.2 Å². The van der Waals surface area contributed by atoms with Crippen molar-refractivity contribution in [2.45, 2.75) is 26.5 Å². The Labute approximate surface area is 164 Å². The average molecular weight is 376 g/mol.